The minimum absolute atomic E-state index is 0.125. The van der Waals surface area contributed by atoms with Crippen molar-refractivity contribution < 1.29 is 52.4 Å². The van der Waals surface area contributed by atoms with Gasteiger partial charge < -0.3 is 28.4 Å². The molecule has 5 aromatic carbocycles. The van der Waals surface area contributed by atoms with E-state index in [1.165, 1.54) is 48.5 Å². The molecule has 0 bridgehead atoms. The third kappa shape index (κ3) is 8.76. The minimum Gasteiger partial charge on any atom is -0.459 e. The second-order valence-electron chi connectivity index (χ2n) is 11.5. The third-order valence-corrected chi connectivity index (χ3v) is 7.97. The van der Waals surface area contributed by atoms with Crippen LogP contribution in [0.2, 0.25) is 0 Å². The van der Waals surface area contributed by atoms with E-state index in [2.05, 4.69) is 0 Å². The number of hydrogen-bond acceptors (Lipinski definition) is 11. The van der Waals surface area contributed by atoms with Crippen molar-refractivity contribution in [2.75, 3.05) is 6.61 Å². The Morgan fingerprint density at radius 1 is 0.385 bits per heavy atom. The van der Waals surface area contributed by atoms with Gasteiger partial charge in [0.25, 0.3) is 0 Å². The van der Waals surface area contributed by atoms with Gasteiger partial charge in [-0.1, -0.05) is 91.0 Å². The molecule has 1 heterocycles. The lowest BCUT2D eigenvalue weighted by atomic mass is 9.97. The number of carbonyl (C=O) groups excluding carboxylic acids is 5. The summed E-state index contributed by atoms with van der Waals surface area (Å²) >= 11 is 0. The predicted octanol–water partition coefficient (Wildman–Crippen LogP) is 6.10. The van der Waals surface area contributed by atoms with E-state index in [-0.39, 0.29) is 27.8 Å². The molecule has 1 fully saturated rings. The lowest BCUT2D eigenvalue weighted by molar-refractivity contribution is -0.282. The fraction of sp³-hybridized carbons (Fsp3) is 0.146. The number of rotatable bonds is 11. The zero-order chi connectivity index (χ0) is 36.3. The fourth-order valence-electron chi connectivity index (χ4n) is 5.37. The molecule has 0 amide bonds. The molecule has 52 heavy (non-hydrogen) atoms. The first-order chi connectivity index (χ1) is 25.4. The summed E-state index contributed by atoms with van der Waals surface area (Å²) in [5.74, 6) is -4.19. The summed E-state index contributed by atoms with van der Waals surface area (Å²) in [6.07, 6.45) is -8.07. The van der Waals surface area contributed by atoms with Gasteiger partial charge in [0.05, 0.1) is 27.8 Å². The molecule has 0 N–H and O–H groups in total. The Morgan fingerprint density at radius 2 is 0.692 bits per heavy atom. The highest BCUT2D eigenvalue weighted by molar-refractivity contribution is 5.92. The summed E-state index contributed by atoms with van der Waals surface area (Å²) in [5.41, 5.74) is 0.762. The highest BCUT2D eigenvalue weighted by Crippen LogP contribution is 2.32. The molecule has 1 aliphatic heterocycles. The molecule has 0 aromatic heterocycles. The molecule has 0 radical (unpaired) electrons. The first-order valence-electron chi connectivity index (χ1n) is 16.3. The van der Waals surface area contributed by atoms with Crippen LogP contribution in [0.3, 0.4) is 0 Å². The summed E-state index contributed by atoms with van der Waals surface area (Å²) in [5, 5.41) is 0. The standard InChI is InChI=1S/C41H32O11/c42-36(27-16-6-1-7-17-27)47-26-32-33(49-37(43)28-18-8-2-9-19-28)34(50-38(44)29-20-10-3-11-21-29)35(51-39(45)30-22-12-4-13-23-30)41(48-32)52-40(46)31-24-14-5-15-25-31/h1-25,32-35,41H,26H2/t32?,33-,34+,35?,41?/m1/s1. The Balaban J connectivity index is 1.41. The van der Waals surface area contributed by atoms with Gasteiger partial charge in [0.2, 0.25) is 12.4 Å². The molecule has 3 unspecified atom stereocenters. The van der Waals surface area contributed by atoms with E-state index in [0.717, 1.165) is 0 Å². The molecule has 1 saturated heterocycles. The van der Waals surface area contributed by atoms with E-state index in [1.807, 2.05) is 0 Å². The Morgan fingerprint density at radius 3 is 1.08 bits per heavy atom. The topological polar surface area (TPSA) is 141 Å². The van der Waals surface area contributed by atoms with Crippen molar-refractivity contribution in [3.8, 4) is 0 Å². The summed E-state index contributed by atoms with van der Waals surface area (Å²) in [6, 6.07) is 40.0. The van der Waals surface area contributed by atoms with E-state index < -0.39 is 67.2 Å². The fourth-order valence-corrected chi connectivity index (χ4v) is 5.37. The maximum atomic E-state index is 13.7. The molecule has 5 aromatic rings. The van der Waals surface area contributed by atoms with Gasteiger partial charge in [-0.15, -0.1) is 0 Å². The quantitative estimate of drug-likeness (QED) is 0.117. The average molecular weight is 701 g/mol. The van der Waals surface area contributed by atoms with Crippen LogP contribution in [0.5, 0.6) is 0 Å². The first kappa shape index (κ1) is 35.2. The molecule has 0 spiro atoms. The molecule has 262 valence electrons. The summed E-state index contributed by atoms with van der Waals surface area (Å²) < 4.78 is 35.5. The number of hydrogen-bond donors (Lipinski definition) is 0. The van der Waals surface area contributed by atoms with Gasteiger partial charge in [-0.2, -0.15) is 0 Å². The van der Waals surface area contributed by atoms with E-state index >= 15 is 0 Å². The van der Waals surface area contributed by atoms with Gasteiger partial charge in [-0.05, 0) is 60.7 Å². The molecule has 5 atom stereocenters. The summed E-state index contributed by atoms with van der Waals surface area (Å²) in [7, 11) is 0. The van der Waals surface area contributed by atoms with Crippen LogP contribution < -0.4 is 0 Å². The molecule has 0 saturated carbocycles. The minimum atomic E-state index is -1.75. The van der Waals surface area contributed by atoms with Crippen LogP contribution in [-0.4, -0.2) is 67.2 Å². The van der Waals surface area contributed by atoms with Gasteiger partial charge in [-0.3, -0.25) is 0 Å². The number of esters is 5. The van der Waals surface area contributed by atoms with Gasteiger partial charge in [0, 0.05) is 0 Å². The lowest BCUT2D eigenvalue weighted by Crippen LogP contribution is -2.63. The first-order valence-corrected chi connectivity index (χ1v) is 16.3. The van der Waals surface area contributed by atoms with Crippen molar-refractivity contribution in [2.45, 2.75) is 30.7 Å². The molecule has 6 rings (SSSR count). The Hall–Kier alpha value is -6.59. The lowest BCUT2D eigenvalue weighted by Gasteiger charge is -2.43. The third-order valence-electron chi connectivity index (χ3n) is 7.97. The van der Waals surface area contributed by atoms with Gasteiger partial charge in [-0.25, -0.2) is 24.0 Å². The molecule has 1 aliphatic rings. The second kappa shape index (κ2) is 16.9. The van der Waals surface area contributed by atoms with Crippen molar-refractivity contribution >= 4 is 29.8 Å². The van der Waals surface area contributed by atoms with Crippen LogP contribution in [0.1, 0.15) is 51.8 Å². The zero-order valence-electron chi connectivity index (χ0n) is 27.5. The van der Waals surface area contributed by atoms with Crippen LogP contribution in [0.15, 0.2) is 152 Å². The Bertz CT molecular complexity index is 1970. The predicted molar refractivity (Wildman–Crippen MR) is 184 cm³/mol. The maximum absolute atomic E-state index is 13.7. The van der Waals surface area contributed by atoms with Crippen LogP contribution in [0, 0.1) is 0 Å². The van der Waals surface area contributed by atoms with Crippen molar-refractivity contribution in [3.05, 3.63) is 179 Å². The van der Waals surface area contributed by atoms with E-state index in [4.69, 9.17) is 28.4 Å². The maximum Gasteiger partial charge on any atom is 0.340 e. The molecular formula is C41H32O11. The average Bonchev–Trinajstić information content (AvgIpc) is 3.20. The van der Waals surface area contributed by atoms with Gasteiger partial charge in [0.15, 0.2) is 12.2 Å². The van der Waals surface area contributed by atoms with Crippen LogP contribution in [0.25, 0.3) is 0 Å². The number of benzene rings is 5. The van der Waals surface area contributed by atoms with Crippen molar-refractivity contribution in [3.63, 3.8) is 0 Å². The van der Waals surface area contributed by atoms with Crippen molar-refractivity contribution in [1.29, 1.82) is 0 Å². The number of ether oxygens (including phenoxy) is 6. The zero-order valence-corrected chi connectivity index (χ0v) is 27.5. The Labute approximate surface area is 298 Å². The van der Waals surface area contributed by atoms with Crippen LogP contribution in [0.4, 0.5) is 0 Å². The molecule has 11 nitrogen and oxygen atoms in total. The van der Waals surface area contributed by atoms with E-state index in [0.29, 0.717) is 0 Å². The monoisotopic (exact) mass is 700 g/mol. The van der Waals surface area contributed by atoms with Gasteiger partial charge in [0.1, 0.15) is 12.7 Å². The highest BCUT2D eigenvalue weighted by Gasteiger charge is 2.54. The Kier molecular flexibility index (Phi) is 11.4. The molecule has 0 aliphatic carbocycles. The largest absolute Gasteiger partial charge is 0.459 e. The van der Waals surface area contributed by atoms with E-state index in [9.17, 15) is 24.0 Å². The smallest absolute Gasteiger partial charge is 0.340 e. The van der Waals surface area contributed by atoms with Crippen LogP contribution in [-0.2, 0) is 28.4 Å². The SMILES string of the molecule is O=C(OCC1OC(OC(=O)c2ccccc2)C(OC(=O)c2ccccc2)[C@@H](OC(=O)c2ccccc2)[C@@H]1OC(=O)c1ccccc1)c1ccccc1. The van der Waals surface area contributed by atoms with Gasteiger partial charge >= 0.3 is 29.8 Å². The molecule has 11 heteroatoms. The normalized spacial score (nSPS) is 19.3. The highest BCUT2D eigenvalue weighted by atomic mass is 16.7. The van der Waals surface area contributed by atoms with Crippen LogP contribution >= 0.6 is 0 Å². The summed E-state index contributed by atoms with van der Waals surface area (Å²) in [6.45, 7) is -0.557. The van der Waals surface area contributed by atoms with Crippen molar-refractivity contribution in [1.82, 2.24) is 0 Å². The van der Waals surface area contributed by atoms with E-state index in [1.54, 1.807) is 103 Å². The summed E-state index contributed by atoms with van der Waals surface area (Å²) in [4.78, 5) is 67.4. The number of carbonyl (C=O) groups is 5. The second-order valence-corrected chi connectivity index (χ2v) is 11.5. The molecular weight excluding hydrogens is 668 g/mol. The van der Waals surface area contributed by atoms with Crippen molar-refractivity contribution in [2.24, 2.45) is 0 Å².